The molecule has 0 saturated heterocycles. The Hall–Kier alpha value is -0.590. The summed E-state index contributed by atoms with van der Waals surface area (Å²) in [5, 5.41) is 7.19. The zero-order valence-corrected chi connectivity index (χ0v) is 7.43. The van der Waals surface area contributed by atoms with E-state index < -0.39 is 0 Å². The fourth-order valence-corrected chi connectivity index (χ4v) is 1.84. The predicted octanol–water partition coefficient (Wildman–Crippen LogP) is 2.87. The predicted molar refractivity (Wildman–Crippen MR) is 49.0 cm³/mol. The van der Waals surface area contributed by atoms with E-state index in [0.29, 0.717) is 11.8 Å². The van der Waals surface area contributed by atoms with E-state index in [2.05, 4.69) is 20.4 Å². The molecule has 1 unspecified atom stereocenters. The minimum absolute atomic E-state index is 0.389. The molecule has 0 spiro atoms. The smallest absolute Gasteiger partial charge is 0.00134 e. The molecule has 0 bridgehead atoms. The lowest BCUT2D eigenvalue weighted by Crippen LogP contribution is -2.15. The highest BCUT2D eigenvalue weighted by atomic mass is 14.4. The summed E-state index contributed by atoms with van der Waals surface area (Å²) in [5.74, 6) is 1.80. The van der Waals surface area contributed by atoms with E-state index in [9.17, 15) is 0 Å². The van der Waals surface area contributed by atoms with E-state index in [0.717, 1.165) is 5.92 Å². The Morgan fingerprint density at radius 2 is 2.18 bits per heavy atom. The number of hydrogen-bond acceptors (Lipinski definition) is 1. The van der Waals surface area contributed by atoms with Crippen LogP contribution in [0.2, 0.25) is 0 Å². The highest BCUT2D eigenvalue weighted by Crippen LogP contribution is 2.43. The summed E-state index contributed by atoms with van der Waals surface area (Å²) in [6, 6.07) is 0. The third-order valence-electron chi connectivity index (χ3n) is 2.53. The molecule has 1 rings (SSSR count). The van der Waals surface area contributed by atoms with Crippen molar-refractivity contribution < 1.29 is 0 Å². The standard InChI is InChI=1S/C10H17N/c1-7(2)10(8(3)6-11)9-4-5-9/h6,8-11H,1,4-5H2,2-3H3/t8-,10?/m0/s1. The molecule has 0 amide bonds. The van der Waals surface area contributed by atoms with Gasteiger partial charge in [-0.2, -0.15) is 0 Å². The molecule has 0 aliphatic heterocycles. The molecule has 0 radical (unpaired) electrons. The minimum atomic E-state index is 0.389. The molecule has 0 aromatic rings. The van der Waals surface area contributed by atoms with Gasteiger partial charge in [0, 0.05) is 0 Å². The van der Waals surface area contributed by atoms with Crippen LogP contribution >= 0.6 is 0 Å². The number of allylic oxidation sites excluding steroid dienone is 1. The van der Waals surface area contributed by atoms with Gasteiger partial charge in [0.15, 0.2) is 0 Å². The quantitative estimate of drug-likeness (QED) is 0.472. The number of rotatable bonds is 4. The summed E-state index contributed by atoms with van der Waals surface area (Å²) in [6.07, 6.45) is 4.24. The SMILES string of the molecule is C=C(C)C(C1CC1)[C@@H](C)C=N. The zero-order valence-electron chi connectivity index (χ0n) is 7.43. The lowest BCUT2D eigenvalue weighted by atomic mass is 9.85. The minimum Gasteiger partial charge on any atom is -0.313 e. The average Bonchev–Trinajstić information content (AvgIpc) is 2.71. The molecule has 1 saturated carbocycles. The van der Waals surface area contributed by atoms with Crippen molar-refractivity contribution in [1.82, 2.24) is 0 Å². The topological polar surface area (TPSA) is 23.9 Å². The molecule has 62 valence electrons. The molecule has 1 aliphatic carbocycles. The van der Waals surface area contributed by atoms with Crippen LogP contribution < -0.4 is 0 Å². The molecule has 11 heavy (non-hydrogen) atoms. The van der Waals surface area contributed by atoms with Gasteiger partial charge in [-0.15, -0.1) is 0 Å². The van der Waals surface area contributed by atoms with E-state index in [1.165, 1.54) is 18.4 Å². The average molecular weight is 151 g/mol. The van der Waals surface area contributed by atoms with Crippen molar-refractivity contribution in [3.8, 4) is 0 Å². The third-order valence-corrected chi connectivity index (χ3v) is 2.53. The van der Waals surface area contributed by atoms with Crippen LogP contribution in [0.4, 0.5) is 0 Å². The zero-order chi connectivity index (χ0) is 8.43. The summed E-state index contributed by atoms with van der Waals surface area (Å²) in [4.78, 5) is 0. The van der Waals surface area contributed by atoms with Crippen LogP contribution in [0.1, 0.15) is 26.7 Å². The van der Waals surface area contributed by atoms with Crippen molar-refractivity contribution in [2.24, 2.45) is 17.8 Å². The van der Waals surface area contributed by atoms with Crippen molar-refractivity contribution in [3.05, 3.63) is 12.2 Å². The van der Waals surface area contributed by atoms with Gasteiger partial charge in [0.1, 0.15) is 0 Å². The van der Waals surface area contributed by atoms with Crippen LogP contribution in [-0.4, -0.2) is 6.21 Å². The Bertz CT molecular complexity index is 168. The van der Waals surface area contributed by atoms with Crippen LogP contribution in [0.15, 0.2) is 12.2 Å². The van der Waals surface area contributed by atoms with Gasteiger partial charge in [-0.05, 0) is 43.7 Å². The number of hydrogen-bond donors (Lipinski definition) is 1. The normalized spacial score (nSPS) is 22.4. The molecule has 1 heteroatoms. The second-order valence-electron chi connectivity index (χ2n) is 3.74. The maximum absolute atomic E-state index is 7.19. The lowest BCUT2D eigenvalue weighted by Gasteiger charge is -2.20. The second kappa shape index (κ2) is 3.21. The van der Waals surface area contributed by atoms with Gasteiger partial charge in [0.2, 0.25) is 0 Å². The van der Waals surface area contributed by atoms with Crippen molar-refractivity contribution in [2.75, 3.05) is 0 Å². The van der Waals surface area contributed by atoms with Crippen LogP contribution in [-0.2, 0) is 0 Å². The maximum Gasteiger partial charge on any atom is -0.00134 e. The van der Waals surface area contributed by atoms with E-state index in [-0.39, 0.29) is 0 Å². The van der Waals surface area contributed by atoms with Crippen LogP contribution in [0.5, 0.6) is 0 Å². The van der Waals surface area contributed by atoms with Crippen LogP contribution in [0.25, 0.3) is 0 Å². The van der Waals surface area contributed by atoms with Crippen molar-refractivity contribution >= 4 is 6.21 Å². The van der Waals surface area contributed by atoms with Gasteiger partial charge < -0.3 is 5.41 Å². The summed E-state index contributed by atoms with van der Waals surface area (Å²) in [6.45, 7) is 8.18. The maximum atomic E-state index is 7.19. The van der Waals surface area contributed by atoms with E-state index in [4.69, 9.17) is 5.41 Å². The lowest BCUT2D eigenvalue weighted by molar-refractivity contribution is 0.458. The fourth-order valence-electron chi connectivity index (χ4n) is 1.84. The van der Waals surface area contributed by atoms with Gasteiger partial charge in [-0.1, -0.05) is 19.1 Å². The molecule has 1 aliphatic rings. The molecule has 1 N–H and O–H groups in total. The molecular weight excluding hydrogens is 134 g/mol. The third kappa shape index (κ3) is 1.92. The Kier molecular flexibility index (Phi) is 2.48. The monoisotopic (exact) mass is 151 g/mol. The molecule has 0 aromatic carbocycles. The molecule has 1 fully saturated rings. The highest BCUT2D eigenvalue weighted by Gasteiger charge is 2.34. The first-order valence-corrected chi connectivity index (χ1v) is 4.32. The van der Waals surface area contributed by atoms with Crippen molar-refractivity contribution in [3.63, 3.8) is 0 Å². The first-order chi connectivity index (χ1) is 5.16. The molecular formula is C10H17N. The Balaban J connectivity index is 2.57. The summed E-state index contributed by atoms with van der Waals surface area (Å²) in [7, 11) is 0. The van der Waals surface area contributed by atoms with Gasteiger partial charge in [0.05, 0.1) is 0 Å². The van der Waals surface area contributed by atoms with Crippen LogP contribution in [0.3, 0.4) is 0 Å². The molecule has 2 atom stereocenters. The molecule has 0 aromatic heterocycles. The van der Waals surface area contributed by atoms with Crippen molar-refractivity contribution in [1.29, 1.82) is 5.41 Å². The summed E-state index contributed by atoms with van der Waals surface area (Å²) in [5.41, 5.74) is 1.25. The Labute approximate surface area is 69.0 Å². The highest BCUT2D eigenvalue weighted by molar-refractivity contribution is 5.57. The Morgan fingerprint density at radius 3 is 2.45 bits per heavy atom. The summed E-state index contributed by atoms with van der Waals surface area (Å²) < 4.78 is 0. The number of nitrogens with one attached hydrogen (secondary N) is 1. The first-order valence-electron chi connectivity index (χ1n) is 4.32. The van der Waals surface area contributed by atoms with E-state index >= 15 is 0 Å². The summed E-state index contributed by atoms with van der Waals surface area (Å²) >= 11 is 0. The van der Waals surface area contributed by atoms with Crippen LogP contribution in [0, 0.1) is 23.2 Å². The van der Waals surface area contributed by atoms with E-state index in [1.54, 1.807) is 6.21 Å². The van der Waals surface area contributed by atoms with Crippen molar-refractivity contribution in [2.45, 2.75) is 26.7 Å². The Morgan fingerprint density at radius 1 is 1.64 bits per heavy atom. The second-order valence-corrected chi connectivity index (χ2v) is 3.74. The largest absolute Gasteiger partial charge is 0.313 e. The molecule has 1 nitrogen and oxygen atoms in total. The first kappa shape index (κ1) is 8.51. The van der Waals surface area contributed by atoms with Gasteiger partial charge >= 0.3 is 0 Å². The van der Waals surface area contributed by atoms with Gasteiger partial charge in [0.25, 0.3) is 0 Å². The van der Waals surface area contributed by atoms with Gasteiger partial charge in [-0.25, -0.2) is 0 Å². The van der Waals surface area contributed by atoms with Gasteiger partial charge in [-0.3, -0.25) is 0 Å². The molecule has 0 heterocycles. The van der Waals surface area contributed by atoms with E-state index in [1.807, 2.05) is 0 Å². The fraction of sp³-hybridized carbons (Fsp3) is 0.700.